The standard InChI is InChI=1S/C21H19FN4O/c1-25-20-5-3-2-4-16(20)10-17(21(25)27)11-23-19-12-24-26(14-19)13-15-6-8-18(22)9-7-15/h2-10,12,14,23H,11,13H2,1H3. The number of benzene rings is 2. The minimum Gasteiger partial charge on any atom is -0.378 e. The molecule has 0 amide bonds. The molecule has 6 heteroatoms. The molecule has 0 atom stereocenters. The van der Waals surface area contributed by atoms with Gasteiger partial charge in [-0.3, -0.25) is 9.48 Å². The van der Waals surface area contributed by atoms with Crippen molar-refractivity contribution in [3.8, 4) is 0 Å². The lowest BCUT2D eigenvalue weighted by Gasteiger charge is -2.09. The number of hydrogen-bond acceptors (Lipinski definition) is 3. The van der Waals surface area contributed by atoms with E-state index >= 15 is 0 Å². The summed E-state index contributed by atoms with van der Waals surface area (Å²) in [6.07, 6.45) is 3.59. The normalized spacial score (nSPS) is 11.0. The first-order valence-corrected chi connectivity index (χ1v) is 8.68. The highest BCUT2D eigenvalue weighted by atomic mass is 19.1. The predicted octanol–water partition coefficient (Wildman–Crippen LogP) is 3.53. The molecule has 0 aliphatic carbocycles. The Kier molecular flexibility index (Phi) is 4.46. The minimum absolute atomic E-state index is 0.0140. The average molecular weight is 362 g/mol. The molecule has 0 aliphatic heterocycles. The quantitative estimate of drug-likeness (QED) is 0.591. The van der Waals surface area contributed by atoms with E-state index in [1.54, 1.807) is 34.6 Å². The maximum atomic E-state index is 13.0. The van der Waals surface area contributed by atoms with Gasteiger partial charge >= 0.3 is 0 Å². The number of rotatable bonds is 5. The van der Waals surface area contributed by atoms with Crippen LogP contribution in [0.3, 0.4) is 0 Å². The lowest BCUT2D eigenvalue weighted by Crippen LogP contribution is -2.22. The van der Waals surface area contributed by atoms with Crippen molar-refractivity contribution in [1.29, 1.82) is 0 Å². The molecule has 0 aliphatic rings. The maximum absolute atomic E-state index is 13.0. The summed E-state index contributed by atoms with van der Waals surface area (Å²) in [4.78, 5) is 12.5. The second-order valence-corrected chi connectivity index (χ2v) is 6.50. The summed E-state index contributed by atoms with van der Waals surface area (Å²) < 4.78 is 16.4. The van der Waals surface area contributed by atoms with Crippen LogP contribution in [0.15, 0.2) is 71.8 Å². The number of fused-ring (bicyclic) bond motifs is 1. The van der Waals surface area contributed by atoms with E-state index in [0.717, 1.165) is 22.2 Å². The fourth-order valence-electron chi connectivity index (χ4n) is 3.13. The maximum Gasteiger partial charge on any atom is 0.255 e. The van der Waals surface area contributed by atoms with Crippen LogP contribution in [-0.2, 0) is 20.1 Å². The van der Waals surface area contributed by atoms with Crippen molar-refractivity contribution < 1.29 is 4.39 Å². The van der Waals surface area contributed by atoms with Crippen LogP contribution in [0.1, 0.15) is 11.1 Å². The van der Waals surface area contributed by atoms with Crippen molar-refractivity contribution in [1.82, 2.24) is 14.3 Å². The van der Waals surface area contributed by atoms with Crippen LogP contribution in [0, 0.1) is 5.82 Å². The highest BCUT2D eigenvalue weighted by Crippen LogP contribution is 2.14. The van der Waals surface area contributed by atoms with E-state index in [1.807, 2.05) is 36.5 Å². The first-order valence-electron chi connectivity index (χ1n) is 8.68. The summed E-state index contributed by atoms with van der Waals surface area (Å²) in [5.41, 5.74) is 3.39. The van der Waals surface area contributed by atoms with Crippen LogP contribution in [0.4, 0.5) is 10.1 Å². The van der Waals surface area contributed by atoms with Gasteiger partial charge in [-0.25, -0.2) is 4.39 Å². The zero-order valence-electron chi connectivity index (χ0n) is 14.9. The fraction of sp³-hybridized carbons (Fsp3) is 0.143. The Hall–Kier alpha value is -3.41. The third-order valence-corrected chi connectivity index (χ3v) is 4.58. The van der Waals surface area contributed by atoms with Gasteiger partial charge in [0, 0.05) is 25.4 Å². The predicted molar refractivity (Wildman–Crippen MR) is 104 cm³/mol. The highest BCUT2D eigenvalue weighted by molar-refractivity contribution is 5.79. The summed E-state index contributed by atoms with van der Waals surface area (Å²) >= 11 is 0. The summed E-state index contributed by atoms with van der Waals surface area (Å²) in [5, 5.41) is 8.60. The van der Waals surface area contributed by atoms with Crippen molar-refractivity contribution in [2.75, 3.05) is 5.32 Å². The van der Waals surface area contributed by atoms with Crippen molar-refractivity contribution in [3.05, 3.63) is 94.3 Å². The third kappa shape index (κ3) is 3.60. The second-order valence-electron chi connectivity index (χ2n) is 6.50. The van der Waals surface area contributed by atoms with Gasteiger partial charge in [0.25, 0.3) is 5.56 Å². The lowest BCUT2D eigenvalue weighted by molar-refractivity contribution is 0.624. The molecule has 4 aromatic rings. The van der Waals surface area contributed by atoms with Crippen LogP contribution in [0.2, 0.25) is 0 Å². The zero-order chi connectivity index (χ0) is 18.8. The molecule has 0 spiro atoms. The van der Waals surface area contributed by atoms with Gasteiger partial charge in [0.05, 0.1) is 23.9 Å². The average Bonchev–Trinajstić information content (AvgIpc) is 3.13. The molecule has 0 saturated heterocycles. The number of nitrogens with one attached hydrogen (secondary N) is 1. The van der Waals surface area contributed by atoms with Gasteiger partial charge in [-0.2, -0.15) is 5.10 Å². The van der Waals surface area contributed by atoms with Gasteiger partial charge in [-0.1, -0.05) is 30.3 Å². The van der Waals surface area contributed by atoms with E-state index in [2.05, 4.69) is 10.4 Å². The van der Waals surface area contributed by atoms with Gasteiger partial charge in [-0.15, -0.1) is 0 Å². The number of hydrogen-bond donors (Lipinski definition) is 1. The number of pyridine rings is 1. The van der Waals surface area contributed by atoms with Gasteiger partial charge in [-0.05, 0) is 35.2 Å². The monoisotopic (exact) mass is 362 g/mol. The number of aryl methyl sites for hydroxylation is 1. The molecule has 2 heterocycles. The van der Waals surface area contributed by atoms with E-state index in [-0.39, 0.29) is 11.4 Å². The minimum atomic E-state index is -0.251. The Bertz CT molecular complexity index is 1150. The molecular weight excluding hydrogens is 343 g/mol. The van der Waals surface area contributed by atoms with Gasteiger partial charge < -0.3 is 9.88 Å². The smallest absolute Gasteiger partial charge is 0.255 e. The number of aromatic nitrogens is 3. The molecule has 0 unspecified atom stereocenters. The number of para-hydroxylation sites is 1. The molecule has 5 nitrogen and oxygen atoms in total. The first kappa shape index (κ1) is 17.0. The van der Waals surface area contributed by atoms with E-state index < -0.39 is 0 Å². The Labute approximate surface area is 155 Å². The van der Waals surface area contributed by atoms with Crippen molar-refractivity contribution in [3.63, 3.8) is 0 Å². The van der Waals surface area contributed by atoms with Gasteiger partial charge in [0.1, 0.15) is 5.82 Å². The summed E-state index contributed by atoms with van der Waals surface area (Å²) in [6.45, 7) is 0.972. The van der Waals surface area contributed by atoms with Crippen LogP contribution in [0.5, 0.6) is 0 Å². The Balaban J connectivity index is 1.49. The third-order valence-electron chi connectivity index (χ3n) is 4.58. The molecule has 0 bridgehead atoms. The lowest BCUT2D eigenvalue weighted by atomic mass is 10.1. The molecule has 4 rings (SSSR count). The summed E-state index contributed by atoms with van der Waals surface area (Å²) in [6, 6.07) is 16.1. The Morgan fingerprint density at radius 3 is 2.70 bits per heavy atom. The number of nitrogens with zero attached hydrogens (tertiary/aromatic N) is 3. The van der Waals surface area contributed by atoms with Crippen molar-refractivity contribution in [2.45, 2.75) is 13.1 Å². The molecule has 0 fully saturated rings. The fourth-order valence-corrected chi connectivity index (χ4v) is 3.13. The van der Waals surface area contributed by atoms with Gasteiger partial charge in [0.2, 0.25) is 0 Å². The molecule has 0 radical (unpaired) electrons. The molecule has 1 N–H and O–H groups in total. The first-order chi connectivity index (χ1) is 13.1. The Morgan fingerprint density at radius 1 is 1.11 bits per heavy atom. The van der Waals surface area contributed by atoms with Crippen LogP contribution in [0.25, 0.3) is 10.9 Å². The van der Waals surface area contributed by atoms with E-state index in [0.29, 0.717) is 18.7 Å². The largest absolute Gasteiger partial charge is 0.378 e. The highest BCUT2D eigenvalue weighted by Gasteiger charge is 2.07. The van der Waals surface area contributed by atoms with E-state index in [9.17, 15) is 9.18 Å². The molecule has 0 saturated carbocycles. The van der Waals surface area contributed by atoms with Crippen LogP contribution < -0.4 is 10.9 Å². The number of anilines is 1. The summed E-state index contributed by atoms with van der Waals surface area (Å²) in [7, 11) is 1.79. The van der Waals surface area contributed by atoms with Crippen molar-refractivity contribution in [2.24, 2.45) is 7.05 Å². The molecule has 136 valence electrons. The molecule has 27 heavy (non-hydrogen) atoms. The van der Waals surface area contributed by atoms with E-state index in [1.165, 1.54) is 12.1 Å². The zero-order valence-corrected chi connectivity index (χ0v) is 14.9. The SMILES string of the molecule is Cn1c(=O)c(CNc2cnn(Cc3ccc(F)cc3)c2)cc2ccccc21. The molecule has 2 aromatic heterocycles. The van der Waals surface area contributed by atoms with Gasteiger partial charge in [0.15, 0.2) is 0 Å². The van der Waals surface area contributed by atoms with Crippen LogP contribution >= 0.6 is 0 Å². The van der Waals surface area contributed by atoms with Crippen molar-refractivity contribution >= 4 is 16.6 Å². The molecular formula is C21H19FN4O. The van der Waals surface area contributed by atoms with E-state index in [4.69, 9.17) is 0 Å². The number of halogens is 1. The van der Waals surface area contributed by atoms with Crippen LogP contribution in [-0.4, -0.2) is 14.3 Å². The Morgan fingerprint density at radius 2 is 1.89 bits per heavy atom. The topological polar surface area (TPSA) is 51.9 Å². The summed E-state index contributed by atoms with van der Waals surface area (Å²) in [5.74, 6) is -0.251. The second kappa shape index (κ2) is 7.07. The molecule has 2 aromatic carbocycles.